The van der Waals surface area contributed by atoms with Crippen LogP contribution in [-0.2, 0) is 28.7 Å². The van der Waals surface area contributed by atoms with Crippen LogP contribution < -0.4 is 15.4 Å². The van der Waals surface area contributed by atoms with Crippen LogP contribution in [0.1, 0.15) is 99.5 Å². The van der Waals surface area contributed by atoms with Crippen LogP contribution in [-0.4, -0.2) is 126 Å². The molecule has 2 N–H and O–H groups in total. The minimum atomic E-state index is -1.08. The highest BCUT2D eigenvalue weighted by molar-refractivity contribution is 5.99. The highest BCUT2D eigenvalue weighted by Gasteiger charge is 2.36. The van der Waals surface area contributed by atoms with E-state index in [9.17, 15) is 28.8 Å². The van der Waals surface area contributed by atoms with Crippen LogP contribution in [0.2, 0.25) is 0 Å². The van der Waals surface area contributed by atoms with Crippen LogP contribution in [0, 0.1) is 18.8 Å². The first-order valence-electron chi connectivity index (χ1n) is 20.9. The number of nitrogens with one attached hydrogen (secondary N) is 2. The molecule has 57 heavy (non-hydrogen) atoms. The summed E-state index contributed by atoms with van der Waals surface area (Å²) in [5, 5.41) is 6.49. The van der Waals surface area contributed by atoms with E-state index < -0.39 is 30.1 Å². The summed E-state index contributed by atoms with van der Waals surface area (Å²) in [4.78, 5) is 89.3. The number of hydrogen-bond acceptors (Lipinski definition) is 10. The Kier molecular flexibility index (Phi) is 13.1. The monoisotopic (exact) mass is 788 g/mol. The standard InChI is InChI=1S/C42H56N6O9/c1-27-11-14-31-33(22-27)44-34(23-36(31)55-26-37(49)48-17-5-10-35(48)40(52)43-30-8-4-9-30)39(51)45-32(15-16-38(50)56-24-28-6-2-3-7-28)41(53)46-18-20-47(21-19-46)42(54)57-25-29-12-13-29/h11,14,22-23,28-30,32,35H,2-10,12-13,15-21,24-26H2,1H3,(H,43,52)(H,45,51)/t32-,35-/m0/s1. The highest BCUT2D eigenvalue weighted by Crippen LogP contribution is 2.30. The predicted molar refractivity (Wildman–Crippen MR) is 208 cm³/mol. The van der Waals surface area contributed by atoms with Gasteiger partial charge in [-0.3, -0.25) is 24.0 Å². The lowest BCUT2D eigenvalue weighted by Crippen LogP contribution is -2.56. The van der Waals surface area contributed by atoms with Gasteiger partial charge in [0, 0.05) is 56.6 Å². The number of fused-ring (bicyclic) bond motifs is 1. The van der Waals surface area contributed by atoms with Crippen LogP contribution in [0.25, 0.3) is 10.9 Å². The fraction of sp³-hybridized carbons (Fsp3) is 0.643. The van der Waals surface area contributed by atoms with E-state index in [2.05, 4.69) is 15.6 Å². The predicted octanol–water partition coefficient (Wildman–Crippen LogP) is 3.88. The van der Waals surface area contributed by atoms with Crippen LogP contribution in [0.5, 0.6) is 5.75 Å². The first-order valence-corrected chi connectivity index (χ1v) is 20.9. The number of esters is 1. The molecule has 5 fully saturated rings. The SMILES string of the molecule is Cc1ccc2c(OCC(=O)N3CCC[C@H]3C(=O)NC3CCC3)cc(C(=O)N[C@@H](CCC(=O)OCC3CCCC3)C(=O)N3CCN(C(=O)OCC4CC4)CC3)nc2c1. The zero-order chi connectivity index (χ0) is 39.9. The number of aromatic nitrogens is 1. The van der Waals surface area contributed by atoms with Crippen molar-refractivity contribution in [1.82, 2.24) is 30.3 Å². The lowest BCUT2D eigenvalue weighted by molar-refractivity contribution is -0.145. The molecule has 5 aliphatic rings. The van der Waals surface area contributed by atoms with Crippen LogP contribution in [0.15, 0.2) is 24.3 Å². The molecule has 0 spiro atoms. The summed E-state index contributed by atoms with van der Waals surface area (Å²) in [6.45, 7) is 3.83. The molecule has 1 aromatic carbocycles. The third-order valence-corrected chi connectivity index (χ3v) is 12.0. The van der Waals surface area contributed by atoms with E-state index in [0.29, 0.717) is 48.9 Å². The third kappa shape index (κ3) is 10.5. The second kappa shape index (κ2) is 18.5. The molecule has 3 saturated carbocycles. The van der Waals surface area contributed by atoms with E-state index in [1.165, 1.54) is 6.07 Å². The van der Waals surface area contributed by atoms with Gasteiger partial charge < -0.3 is 39.5 Å². The fourth-order valence-corrected chi connectivity index (χ4v) is 8.06. The Morgan fingerprint density at radius 2 is 1.53 bits per heavy atom. The molecule has 0 unspecified atom stereocenters. The molecule has 0 bridgehead atoms. The first-order chi connectivity index (χ1) is 27.6. The van der Waals surface area contributed by atoms with E-state index in [0.717, 1.165) is 69.8 Å². The van der Waals surface area contributed by atoms with E-state index in [-0.39, 0.29) is 80.8 Å². The number of aryl methyl sites for hydroxylation is 1. The Hall–Kier alpha value is -4.95. The third-order valence-electron chi connectivity index (χ3n) is 12.0. The zero-order valence-corrected chi connectivity index (χ0v) is 33.0. The van der Waals surface area contributed by atoms with Crippen molar-refractivity contribution in [2.45, 2.75) is 109 Å². The molecule has 2 aliphatic heterocycles. The molecule has 5 amide bonds. The van der Waals surface area contributed by atoms with Gasteiger partial charge in [-0.1, -0.05) is 18.9 Å². The Labute approximate surface area is 333 Å². The Balaban J connectivity index is 1.03. The van der Waals surface area contributed by atoms with Gasteiger partial charge in [0.1, 0.15) is 23.5 Å². The van der Waals surface area contributed by atoms with Gasteiger partial charge in [-0.2, -0.15) is 0 Å². The minimum Gasteiger partial charge on any atom is -0.483 e. The summed E-state index contributed by atoms with van der Waals surface area (Å²) >= 11 is 0. The van der Waals surface area contributed by atoms with Crippen molar-refractivity contribution in [3.63, 3.8) is 0 Å². The Bertz CT molecular complexity index is 1820. The van der Waals surface area contributed by atoms with Crippen molar-refractivity contribution in [2.75, 3.05) is 52.5 Å². The molecule has 1 aromatic heterocycles. The van der Waals surface area contributed by atoms with Crippen LogP contribution in [0.3, 0.4) is 0 Å². The highest BCUT2D eigenvalue weighted by atomic mass is 16.6. The number of pyridine rings is 1. The number of likely N-dealkylation sites (tertiary alicyclic amines) is 1. The molecular weight excluding hydrogens is 732 g/mol. The zero-order valence-electron chi connectivity index (χ0n) is 33.0. The molecular formula is C42H56N6O9. The largest absolute Gasteiger partial charge is 0.483 e. The molecule has 15 heteroatoms. The summed E-state index contributed by atoms with van der Waals surface area (Å²) in [5.74, 6) is -0.870. The molecule has 15 nitrogen and oxygen atoms in total. The summed E-state index contributed by atoms with van der Waals surface area (Å²) < 4.78 is 17.1. The molecule has 0 radical (unpaired) electrons. The lowest BCUT2D eigenvalue weighted by atomic mass is 9.93. The number of ether oxygens (including phenoxy) is 3. The summed E-state index contributed by atoms with van der Waals surface area (Å²) in [6, 6.07) is 5.50. The summed E-state index contributed by atoms with van der Waals surface area (Å²) in [7, 11) is 0. The van der Waals surface area contributed by atoms with E-state index in [1.807, 2.05) is 19.1 Å². The number of carbonyl (C=O) groups is 6. The Morgan fingerprint density at radius 3 is 2.25 bits per heavy atom. The van der Waals surface area contributed by atoms with E-state index >= 15 is 0 Å². The summed E-state index contributed by atoms with van der Waals surface area (Å²) in [5.41, 5.74) is 1.33. The van der Waals surface area contributed by atoms with Crippen LogP contribution in [0.4, 0.5) is 4.79 Å². The van der Waals surface area contributed by atoms with Crippen molar-refractivity contribution in [2.24, 2.45) is 11.8 Å². The van der Waals surface area contributed by atoms with Crippen molar-refractivity contribution < 1.29 is 43.0 Å². The molecule has 7 rings (SSSR count). The molecule has 2 aromatic rings. The molecule has 2 saturated heterocycles. The minimum absolute atomic E-state index is 0.00753. The smallest absolute Gasteiger partial charge is 0.409 e. The average molecular weight is 789 g/mol. The van der Waals surface area contributed by atoms with Gasteiger partial charge in [-0.25, -0.2) is 9.78 Å². The average Bonchev–Trinajstić information content (AvgIpc) is 3.62. The number of rotatable bonds is 15. The number of amides is 5. The maximum absolute atomic E-state index is 14.0. The van der Waals surface area contributed by atoms with Gasteiger partial charge in [0.25, 0.3) is 11.8 Å². The van der Waals surface area contributed by atoms with Crippen molar-refractivity contribution >= 4 is 46.6 Å². The van der Waals surface area contributed by atoms with Crippen molar-refractivity contribution in [3.8, 4) is 5.75 Å². The summed E-state index contributed by atoms with van der Waals surface area (Å²) in [6.07, 6.45) is 10.3. The van der Waals surface area contributed by atoms with Crippen molar-refractivity contribution in [1.29, 1.82) is 0 Å². The molecule has 2 atom stereocenters. The van der Waals surface area contributed by atoms with Crippen LogP contribution >= 0.6 is 0 Å². The number of piperazine rings is 1. The van der Waals surface area contributed by atoms with Gasteiger partial charge in [0.15, 0.2) is 6.61 Å². The number of nitrogens with zero attached hydrogens (tertiary/aromatic N) is 4. The normalized spacial score (nSPS) is 20.5. The maximum Gasteiger partial charge on any atom is 0.409 e. The number of benzene rings is 1. The van der Waals surface area contributed by atoms with Gasteiger partial charge in [-0.05, 0) is 101 Å². The second-order valence-corrected chi connectivity index (χ2v) is 16.4. The van der Waals surface area contributed by atoms with E-state index in [1.54, 1.807) is 20.8 Å². The quantitative estimate of drug-likeness (QED) is 0.252. The Morgan fingerprint density at radius 1 is 0.807 bits per heavy atom. The van der Waals surface area contributed by atoms with Crippen molar-refractivity contribution in [3.05, 3.63) is 35.5 Å². The number of carbonyl (C=O) groups excluding carboxylic acids is 6. The molecule has 3 heterocycles. The molecule has 308 valence electrons. The maximum atomic E-state index is 14.0. The van der Waals surface area contributed by atoms with Gasteiger partial charge in [-0.15, -0.1) is 0 Å². The molecule has 3 aliphatic carbocycles. The van der Waals surface area contributed by atoms with Gasteiger partial charge in [0.2, 0.25) is 11.8 Å². The lowest BCUT2D eigenvalue weighted by Gasteiger charge is -2.36. The van der Waals surface area contributed by atoms with Gasteiger partial charge >= 0.3 is 12.1 Å². The van der Waals surface area contributed by atoms with E-state index in [4.69, 9.17) is 14.2 Å². The number of hydrogen-bond donors (Lipinski definition) is 2. The topological polar surface area (TPSA) is 177 Å². The second-order valence-electron chi connectivity index (χ2n) is 16.4. The van der Waals surface area contributed by atoms with Gasteiger partial charge in [0.05, 0.1) is 18.7 Å². The fourth-order valence-electron chi connectivity index (χ4n) is 8.06. The first kappa shape index (κ1) is 40.3.